The lowest BCUT2D eigenvalue weighted by Gasteiger charge is -2.38. The molecule has 0 bridgehead atoms. The molecule has 32 heavy (non-hydrogen) atoms. The number of alkyl halides is 3. The zero-order valence-electron chi connectivity index (χ0n) is 17.2. The molecule has 2 aliphatic heterocycles. The molecule has 9 nitrogen and oxygen atoms in total. The molecule has 2 saturated heterocycles. The molecule has 2 fully saturated rings. The number of nitrogens with zero attached hydrogens (tertiary/aromatic N) is 5. The Morgan fingerprint density at radius 1 is 1.19 bits per heavy atom. The maximum atomic E-state index is 13.1. The number of likely N-dealkylation sites (tertiary alicyclic amines) is 1. The lowest BCUT2D eigenvalue weighted by atomic mass is 9.78. The number of piperidine rings is 1. The quantitative estimate of drug-likeness (QED) is 0.746. The lowest BCUT2D eigenvalue weighted by molar-refractivity contribution is -0.192. The maximum absolute atomic E-state index is 13.1. The third-order valence-electron chi connectivity index (χ3n) is 5.53. The van der Waals surface area contributed by atoms with Crippen LogP contribution >= 0.6 is 0 Å². The molecular formula is C20H22F3N5O4. The van der Waals surface area contributed by atoms with E-state index in [9.17, 15) is 22.8 Å². The van der Waals surface area contributed by atoms with E-state index in [1.165, 1.54) is 0 Å². The third-order valence-corrected chi connectivity index (χ3v) is 5.53. The first-order valence-electron chi connectivity index (χ1n) is 9.83. The molecule has 4 heterocycles. The molecule has 1 spiro atoms. The van der Waals surface area contributed by atoms with Crippen molar-refractivity contribution in [2.45, 2.75) is 25.4 Å². The second kappa shape index (κ2) is 8.97. The van der Waals surface area contributed by atoms with Crippen LogP contribution in [0, 0.1) is 5.41 Å². The summed E-state index contributed by atoms with van der Waals surface area (Å²) >= 11 is 0. The number of anilines is 1. The molecule has 1 atom stereocenters. The number of carboxylic acids is 1. The van der Waals surface area contributed by atoms with Crippen LogP contribution in [0.5, 0.6) is 0 Å². The summed E-state index contributed by atoms with van der Waals surface area (Å²) in [5.41, 5.74) is 0.945. The Labute approximate surface area is 181 Å². The minimum absolute atomic E-state index is 0.0418. The normalized spacial score (nSPS) is 20.8. The number of carbonyl (C=O) groups is 3. The van der Waals surface area contributed by atoms with Gasteiger partial charge in [0.15, 0.2) is 0 Å². The molecule has 2 aliphatic rings. The molecule has 0 radical (unpaired) electrons. The first-order valence-corrected chi connectivity index (χ1v) is 9.83. The van der Waals surface area contributed by atoms with Gasteiger partial charge in [-0.25, -0.2) is 4.79 Å². The van der Waals surface area contributed by atoms with Gasteiger partial charge in [0.1, 0.15) is 0 Å². The summed E-state index contributed by atoms with van der Waals surface area (Å²) in [5, 5.41) is 11.2. The van der Waals surface area contributed by atoms with Crippen LogP contribution in [-0.4, -0.2) is 68.4 Å². The highest BCUT2D eigenvalue weighted by Crippen LogP contribution is 2.42. The van der Waals surface area contributed by atoms with E-state index in [1.807, 2.05) is 21.9 Å². The van der Waals surface area contributed by atoms with E-state index < -0.39 is 17.6 Å². The van der Waals surface area contributed by atoms with Crippen molar-refractivity contribution in [3.8, 4) is 0 Å². The number of pyridine rings is 1. The van der Waals surface area contributed by atoms with E-state index in [0.717, 1.165) is 24.9 Å². The second-order valence-electron chi connectivity index (χ2n) is 7.73. The first kappa shape index (κ1) is 23.2. The standard InChI is InChI=1S/C18H21N5O2.C2HF3O2/c1-21-12-14(10-20-21)16(24)22-8-3-5-18(13-22)6-9-23(17(18)25)15-4-2-7-19-11-15;3-2(4,5)1(6)7/h2,4,7,10-12H,3,5-6,8-9,13H2,1H3;(H,6,7). The summed E-state index contributed by atoms with van der Waals surface area (Å²) in [6, 6.07) is 3.75. The smallest absolute Gasteiger partial charge is 0.475 e. The van der Waals surface area contributed by atoms with Gasteiger partial charge in [-0.3, -0.25) is 19.3 Å². The number of aliphatic carboxylic acids is 1. The lowest BCUT2D eigenvalue weighted by Crippen LogP contribution is -2.49. The number of aryl methyl sites for hydroxylation is 1. The first-order chi connectivity index (χ1) is 15.0. The second-order valence-corrected chi connectivity index (χ2v) is 7.73. The number of aromatic nitrogens is 3. The average molecular weight is 453 g/mol. The van der Waals surface area contributed by atoms with Gasteiger partial charge in [0.05, 0.1) is 29.1 Å². The molecule has 0 saturated carbocycles. The molecule has 4 rings (SSSR count). The van der Waals surface area contributed by atoms with Gasteiger partial charge in [0.2, 0.25) is 5.91 Å². The number of amides is 2. The van der Waals surface area contributed by atoms with E-state index in [-0.39, 0.29) is 11.8 Å². The van der Waals surface area contributed by atoms with Gasteiger partial charge in [-0.1, -0.05) is 0 Å². The van der Waals surface area contributed by atoms with Gasteiger partial charge >= 0.3 is 12.1 Å². The maximum Gasteiger partial charge on any atom is 0.490 e. The molecule has 2 aromatic heterocycles. The fraction of sp³-hybridized carbons (Fsp3) is 0.450. The molecule has 1 N–H and O–H groups in total. The third kappa shape index (κ3) is 4.89. The largest absolute Gasteiger partial charge is 0.490 e. The van der Waals surface area contributed by atoms with Gasteiger partial charge in [-0.2, -0.15) is 18.3 Å². The highest BCUT2D eigenvalue weighted by Gasteiger charge is 2.50. The zero-order valence-corrected chi connectivity index (χ0v) is 17.2. The summed E-state index contributed by atoms with van der Waals surface area (Å²) < 4.78 is 33.4. The van der Waals surface area contributed by atoms with Crippen LogP contribution in [-0.2, 0) is 16.6 Å². The Morgan fingerprint density at radius 3 is 2.47 bits per heavy atom. The molecule has 2 amide bonds. The predicted octanol–water partition coefficient (Wildman–Crippen LogP) is 2.11. The van der Waals surface area contributed by atoms with Gasteiger partial charge in [-0.15, -0.1) is 0 Å². The number of rotatable bonds is 2. The highest BCUT2D eigenvalue weighted by atomic mass is 19.4. The van der Waals surface area contributed by atoms with Crippen molar-refractivity contribution in [2.24, 2.45) is 12.5 Å². The Morgan fingerprint density at radius 2 is 1.91 bits per heavy atom. The highest BCUT2D eigenvalue weighted by molar-refractivity contribution is 6.01. The molecule has 12 heteroatoms. The molecular weight excluding hydrogens is 431 g/mol. The monoisotopic (exact) mass is 453 g/mol. The van der Waals surface area contributed by atoms with Crippen LogP contribution in [0.1, 0.15) is 29.6 Å². The Kier molecular flexibility index (Phi) is 6.51. The zero-order chi connectivity index (χ0) is 23.5. The molecule has 0 aliphatic carbocycles. The molecule has 172 valence electrons. The van der Waals surface area contributed by atoms with E-state index in [1.54, 1.807) is 36.5 Å². The summed E-state index contributed by atoms with van der Waals surface area (Å²) in [5.74, 6) is -2.68. The van der Waals surface area contributed by atoms with E-state index in [4.69, 9.17) is 9.90 Å². The summed E-state index contributed by atoms with van der Waals surface area (Å²) in [6.45, 7) is 1.85. The van der Waals surface area contributed by atoms with E-state index >= 15 is 0 Å². The van der Waals surface area contributed by atoms with Crippen molar-refractivity contribution in [1.29, 1.82) is 0 Å². The minimum atomic E-state index is -5.08. The topological polar surface area (TPSA) is 109 Å². The van der Waals surface area contributed by atoms with Crippen LogP contribution in [0.2, 0.25) is 0 Å². The Bertz CT molecular complexity index is 995. The predicted molar refractivity (Wildman–Crippen MR) is 106 cm³/mol. The molecule has 1 unspecified atom stereocenters. The SMILES string of the molecule is Cn1cc(C(=O)N2CCCC3(CCN(c4cccnc4)C3=O)C2)cn1.O=C(O)C(F)(F)F. The van der Waals surface area contributed by atoms with Gasteiger partial charge in [0.25, 0.3) is 5.91 Å². The van der Waals surface area contributed by atoms with E-state index in [2.05, 4.69) is 10.1 Å². The minimum Gasteiger partial charge on any atom is -0.475 e. The van der Waals surface area contributed by atoms with Crippen LogP contribution in [0.3, 0.4) is 0 Å². The van der Waals surface area contributed by atoms with Crippen molar-refractivity contribution in [2.75, 3.05) is 24.5 Å². The molecule has 0 aromatic carbocycles. The molecule has 2 aromatic rings. The fourth-order valence-corrected chi connectivity index (χ4v) is 3.98. The van der Waals surface area contributed by atoms with Crippen LogP contribution in [0.15, 0.2) is 36.9 Å². The van der Waals surface area contributed by atoms with E-state index in [0.29, 0.717) is 25.2 Å². The van der Waals surface area contributed by atoms with Crippen molar-refractivity contribution in [1.82, 2.24) is 19.7 Å². The summed E-state index contributed by atoms with van der Waals surface area (Å²) in [7, 11) is 1.79. The number of carboxylic acid groups (broad SMARTS) is 1. The van der Waals surface area contributed by atoms with Gasteiger partial charge in [-0.05, 0) is 31.4 Å². The number of halogens is 3. The number of carbonyl (C=O) groups excluding carboxylic acids is 2. The summed E-state index contributed by atoms with van der Waals surface area (Å²) in [6.07, 6.45) is 4.10. The van der Waals surface area contributed by atoms with Crippen LogP contribution in [0.25, 0.3) is 0 Å². The Hall–Kier alpha value is -3.44. The van der Waals surface area contributed by atoms with Gasteiger partial charge in [0, 0.05) is 39.1 Å². The van der Waals surface area contributed by atoms with Crippen molar-refractivity contribution < 1.29 is 32.7 Å². The summed E-state index contributed by atoms with van der Waals surface area (Å²) in [4.78, 5) is 42.5. The fourth-order valence-electron chi connectivity index (χ4n) is 3.98. The van der Waals surface area contributed by atoms with Gasteiger partial charge < -0.3 is 14.9 Å². The van der Waals surface area contributed by atoms with Crippen LogP contribution in [0.4, 0.5) is 18.9 Å². The van der Waals surface area contributed by atoms with Crippen molar-refractivity contribution in [3.63, 3.8) is 0 Å². The number of hydrogen-bond acceptors (Lipinski definition) is 5. The van der Waals surface area contributed by atoms with Crippen LogP contribution < -0.4 is 4.90 Å². The number of hydrogen-bond donors (Lipinski definition) is 1. The van der Waals surface area contributed by atoms with Crippen molar-refractivity contribution >= 4 is 23.5 Å². The Balaban J connectivity index is 0.000000360. The average Bonchev–Trinajstić information content (AvgIpc) is 3.32. The van der Waals surface area contributed by atoms with Crippen molar-refractivity contribution in [3.05, 3.63) is 42.5 Å².